The van der Waals surface area contributed by atoms with Crippen LogP contribution < -0.4 is 21.5 Å². The number of rotatable bonds is 5. The fraction of sp³-hybridized carbons (Fsp3) is 0.480. The molecule has 2 atom stereocenters. The van der Waals surface area contributed by atoms with Crippen molar-refractivity contribution in [2.45, 2.75) is 56.2 Å². The molecule has 0 aromatic carbocycles. The molecular weight excluding hydrogens is 446 g/mol. The Morgan fingerprint density at radius 3 is 2.91 bits per heavy atom. The van der Waals surface area contributed by atoms with Gasteiger partial charge in [-0.1, -0.05) is 12.8 Å². The quantitative estimate of drug-likeness (QED) is 0.443. The summed E-state index contributed by atoms with van der Waals surface area (Å²) in [5.41, 5.74) is 1.87. The van der Waals surface area contributed by atoms with Gasteiger partial charge in [-0.15, -0.1) is 0 Å². The van der Waals surface area contributed by atoms with E-state index in [4.69, 9.17) is 9.72 Å². The van der Waals surface area contributed by atoms with Gasteiger partial charge < -0.3 is 30.4 Å². The summed E-state index contributed by atoms with van der Waals surface area (Å²) in [6, 6.07) is 5.65. The van der Waals surface area contributed by atoms with E-state index in [1.807, 2.05) is 31.5 Å². The molecule has 10 heteroatoms. The number of aromatic nitrogens is 4. The number of hydrogen-bond donors (Lipinski definition) is 4. The van der Waals surface area contributed by atoms with Crippen molar-refractivity contribution < 1.29 is 9.84 Å². The topological polar surface area (TPSA) is 118 Å². The van der Waals surface area contributed by atoms with Crippen LogP contribution in [0.2, 0.25) is 0 Å². The Kier molecular flexibility index (Phi) is 5.49. The zero-order chi connectivity index (χ0) is 24.0. The van der Waals surface area contributed by atoms with Gasteiger partial charge in [0, 0.05) is 44.3 Å². The molecule has 10 nitrogen and oxygen atoms in total. The standard InChI is InChI=1S/C25H31N7O3/c1-26-22-13-21(29-18-5-4-10-31(24(18)33)16-7-11-35-12-8-16)30-23-17(15-27-32(22)23)19-14-25(34)9-3-2-6-20(25)28-19/h4-5,10,13-16,20,26,28,34H,2-3,6-9,11-12H2,1H3,(H,29,30)/t20-,25+/m1/s1. The van der Waals surface area contributed by atoms with Crippen molar-refractivity contribution in [3.8, 4) is 0 Å². The Bertz CT molecular complexity index is 1340. The van der Waals surface area contributed by atoms with Crippen LogP contribution in [0.5, 0.6) is 0 Å². The zero-order valence-electron chi connectivity index (χ0n) is 19.8. The maximum Gasteiger partial charge on any atom is 0.274 e. The highest BCUT2D eigenvalue weighted by atomic mass is 16.5. The highest BCUT2D eigenvalue weighted by Gasteiger charge is 2.42. The van der Waals surface area contributed by atoms with Crippen LogP contribution in [0, 0.1) is 0 Å². The molecule has 0 spiro atoms. The fourth-order valence-electron chi connectivity index (χ4n) is 5.57. The van der Waals surface area contributed by atoms with Gasteiger partial charge in [-0.3, -0.25) is 4.79 Å². The summed E-state index contributed by atoms with van der Waals surface area (Å²) in [5, 5.41) is 25.6. The van der Waals surface area contributed by atoms with E-state index in [9.17, 15) is 9.90 Å². The maximum atomic E-state index is 13.2. The number of pyridine rings is 1. The molecule has 1 aliphatic carbocycles. The van der Waals surface area contributed by atoms with Crippen LogP contribution in [-0.4, -0.2) is 56.2 Å². The first-order chi connectivity index (χ1) is 17.1. The highest BCUT2D eigenvalue weighted by Crippen LogP contribution is 2.38. The number of aliphatic hydroxyl groups is 1. The Hall–Kier alpha value is -3.37. The van der Waals surface area contributed by atoms with E-state index in [2.05, 4.69) is 21.0 Å². The summed E-state index contributed by atoms with van der Waals surface area (Å²) >= 11 is 0. The number of fused-ring (bicyclic) bond motifs is 2. The Morgan fingerprint density at radius 1 is 1.26 bits per heavy atom. The summed E-state index contributed by atoms with van der Waals surface area (Å²) in [5.74, 6) is 1.28. The van der Waals surface area contributed by atoms with Gasteiger partial charge in [0.05, 0.1) is 17.8 Å². The molecule has 6 rings (SSSR count). The van der Waals surface area contributed by atoms with Crippen molar-refractivity contribution in [2.24, 2.45) is 0 Å². The van der Waals surface area contributed by atoms with E-state index in [1.54, 1.807) is 21.3 Å². The van der Waals surface area contributed by atoms with Crippen molar-refractivity contribution in [3.05, 3.63) is 52.6 Å². The lowest BCUT2D eigenvalue weighted by atomic mass is 9.82. The number of hydrogen-bond acceptors (Lipinski definition) is 8. The monoisotopic (exact) mass is 477 g/mol. The maximum absolute atomic E-state index is 13.2. The number of nitrogens with zero attached hydrogens (tertiary/aromatic N) is 4. The molecular formula is C25H31N7O3. The third-order valence-corrected chi connectivity index (χ3v) is 7.49. The summed E-state index contributed by atoms with van der Waals surface area (Å²) in [4.78, 5) is 18.1. The minimum Gasteiger partial charge on any atom is -0.384 e. The van der Waals surface area contributed by atoms with Crippen LogP contribution in [0.25, 0.3) is 11.3 Å². The minimum absolute atomic E-state index is 0.0132. The van der Waals surface area contributed by atoms with Crippen LogP contribution in [0.15, 0.2) is 41.5 Å². The van der Waals surface area contributed by atoms with Gasteiger partial charge in [0.25, 0.3) is 5.56 Å². The predicted molar refractivity (Wildman–Crippen MR) is 134 cm³/mol. The molecule has 2 aliphatic heterocycles. The molecule has 5 heterocycles. The van der Waals surface area contributed by atoms with E-state index in [-0.39, 0.29) is 17.6 Å². The molecule has 0 unspecified atom stereocenters. The van der Waals surface area contributed by atoms with E-state index in [0.29, 0.717) is 30.4 Å². The fourth-order valence-corrected chi connectivity index (χ4v) is 5.57. The van der Waals surface area contributed by atoms with E-state index in [1.165, 1.54) is 0 Å². The summed E-state index contributed by atoms with van der Waals surface area (Å²) in [6.07, 6.45) is 11.0. The van der Waals surface area contributed by atoms with Gasteiger partial charge in [0.15, 0.2) is 5.65 Å². The molecule has 1 saturated carbocycles. The van der Waals surface area contributed by atoms with Gasteiger partial charge in [0.2, 0.25) is 0 Å². The lowest BCUT2D eigenvalue weighted by Crippen LogP contribution is -2.45. The summed E-state index contributed by atoms with van der Waals surface area (Å²) < 4.78 is 8.99. The van der Waals surface area contributed by atoms with Crippen molar-refractivity contribution in [1.82, 2.24) is 24.5 Å². The van der Waals surface area contributed by atoms with Gasteiger partial charge in [0.1, 0.15) is 22.9 Å². The Labute approximate surface area is 203 Å². The molecule has 4 N–H and O–H groups in total. The van der Waals surface area contributed by atoms with Gasteiger partial charge in [-0.05, 0) is 43.9 Å². The van der Waals surface area contributed by atoms with Gasteiger partial charge >= 0.3 is 0 Å². The first-order valence-electron chi connectivity index (χ1n) is 12.4. The summed E-state index contributed by atoms with van der Waals surface area (Å²) in [6.45, 7) is 1.34. The van der Waals surface area contributed by atoms with Crippen molar-refractivity contribution >= 4 is 28.7 Å². The second kappa shape index (κ2) is 8.69. The lowest BCUT2D eigenvalue weighted by Gasteiger charge is -2.33. The lowest BCUT2D eigenvalue weighted by molar-refractivity contribution is 0.0328. The molecule has 35 heavy (non-hydrogen) atoms. The van der Waals surface area contributed by atoms with Crippen LogP contribution in [0.1, 0.15) is 50.1 Å². The summed E-state index contributed by atoms with van der Waals surface area (Å²) in [7, 11) is 1.82. The van der Waals surface area contributed by atoms with Gasteiger partial charge in [-0.2, -0.15) is 9.61 Å². The highest BCUT2D eigenvalue weighted by molar-refractivity contribution is 5.79. The van der Waals surface area contributed by atoms with Crippen LogP contribution in [0.3, 0.4) is 0 Å². The number of ether oxygens (including phenoxy) is 1. The molecule has 0 amide bonds. The number of anilines is 3. The second-order valence-corrected chi connectivity index (χ2v) is 9.67. The molecule has 3 aromatic rings. The Balaban J connectivity index is 1.36. The van der Waals surface area contributed by atoms with Crippen molar-refractivity contribution in [3.63, 3.8) is 0 Å². The van der Waals surface area contributed by atoms with Crippen molar-refractivity contribution in [1.29, 1.82) is 0 Å². The largest absolute Gasteiger partial charge is 0.384 e. The second-order valence-electron chi connectivity index (χ2n) is 9.67. The minimum atomic E-state index is -0.831. The van der Waals surface area contributed by atoms with Crippen LogP contribution >= 0.6 is 0 Å². The smallest absolute Gasteiger partial charge is 0.274 e. The first-order valence-corrected chi connectivity index (χ1v) is 12.4. The molecule has 2 fully saturated rings. The normalized spacial score (nSPS) is 24.6. The van der Waals surface area contributed by atoms with Crippen molar-refractivity contribution in [2.75, 3.05) is 30.9 Å². The van der Waals surface area contributed by atoms with Crippen LogP contribution in [-0.2, 0) is 4.74 Å². The zero-order valence-corrected chi connectivity index (χ0v) is 19.8. The SMILES string of the molecule is CNc1cc(Nc2cccn(C3CCOCC3)c2=O)nc2c(C3=C[C@@]4(O)CCCC[C@H]4N3)cnn12. The average molecular weight is 478 g/mol. The average Bonchev–Trinajstić information content (AvgIpc) is 3.46. The third kappa shape index (κ3) is 3.86. The third-order valence-electron chi connectivity index (χ3n) is 7.49. The molecule has 0 radical (unpaired) electrons. The number of nitrogens with one attached hydrogen (secondary N) is 3. The van der Waals surface area contributed by atoms with Gasteiger partial charge in [-0.25, -0.2) is 4.98 Å². The molecule has 0 bridgehead atoms. The molecule has 3 aliphatic rings. The van der Waals surface area contributed by atoms with E-state index >= 15 is 0 Å². The van der Waals surface area contributed by atoms with E-state index < -0.39 is 5.60 Å². The predicted octanol–water partition coefficient (Wildman–Crippen LogP) is 2.65. The first kappa shape index (κ1) is 22.1. The molecule has 1 saturated heterocycles. The van der Waals surface area contributed by atoms with E-state index in [0.717, 1.165) is 55.6 Å². The molecule has 184 valence electrons. The Morgan fingerprint density at radius 2 is 2.11 bits per heavy atom. The van der Waals surface area contributed by atoms with Crippen LogP contribution in [0.4, 0.5) is 17.3 Å². The molecule has 3 aromatic heterocycles.